The Hall–Kier alpha value is -2.10. The van der Waals surface area contributed by atoms with Gasteiger partial charge in [0.1, 0.15) is 0 Å². The van der Waals surface area contributed by atoms with Gasteiger partial charge in [0.05, 0.1) is 21.3 Å². The lowest BCUT2D eigenvalue weighted by molar-refractivity contribution is 0.325. The Labute approximate surface area is 100 Å². The van der Waals surface area contributed by atoms with Crippen LogP contribution >= 0.6 is 0 Å². The van der Waals surface area contributed by atoms with E-state index in [1.807, 2.05) is 30.6 Å². The topological polar surface area (TPSA) is 43.5 Å². The molecule has 1 aromatic heterocycles. The van der Waals surface area contributed by atoms with E-state index in [0.29, 0.717) is 17.2 Å². The zero-order valence-electron chi connectivity index (χ0n) is 10.1. The quantitative estimate of drug-likeness (QED) is 0.883. The number of hydrogen-bond donors (Lipinski definition) is 1. The summed E-state index contributed by atoms with van der Waals surface area (Å²) in [4.78, 5) is 3.02. The van der Waals surface area contributed by atoms with Gasteiger partial charge in [0.15, 0.2) is 11.5 Å². The van der Waals surface area contributed by atoms with Crippen LogP contribution in [0.1, 0.15) is 0 Å². The van der Waals surface area contributed by atoms with Crippen molar-refractivity contribution in [3.63, 3.8) is 0 Å². The van der Waals surface area contributed by atoms with E-state index in [-0.39, 0.29) is 0 Å². The van der Waals surface area contributed by atoms with Crippen LogP contribution in [0.15, 0.2) is 30.6 Å². The summed E-state index contributed by atoms with van der Waals surface area (Å²) < 4.78 is 16.0. The van der Waals surface area contributed by atoms with E-state index in [4.69, 9.17) is 14.2 Å². The van der Waals surface area contributed by atoms with Gasteiger partial charge in [-0.1, -0.05) is 0 Å². The standard InChI is InChI=1S/C13H15NO3/c1-15-11-5-4-10(9-6-7-14-8-9)12(16-2)13(11)17-3/h4-8,14H,1-3H3. The first-order chi connectivity index (χ1) is 8.31. The Morgan fingerprint density at radius 2 is 1.65 bits per heavy atom. The van der Waals surface area contributed by atoms with Gasteiger partial charge in [-0.3, -0.25) is 0 Å². The fraction of sp³-hybridized carbons (Fsp3) is 0.231. The maximum atomic E-state index is 5.41. The molecule has 0 spiro atoms. The molecule has 0 aliphatic rings. The van der Waals surface area contributed by atoms with Gasteiger partial charge in [-0.2, -0.15) is 0 Å². The minimum absolute atomic E-state index is 0.605. The highest BCUT2D eigenvalue weighted by atomic mass is 16.5. The molecule has 2 rings (SSSR count). The zero-order valence-corrected chi connectivity index (χ0v) is 10.1. The fourth-order valence-electron chi connectivity index (χ4n) is 1.82. The second-order valence-corrected chi connectivity index (χ2v) is 3.48. The van der Waals surface area contributed by atoms with Crippen LogP contribution in [0.2, 0.25) is 0 Å². The normalized spacial score (nSPS) is 10.1. The molecule has 0 fully saturated rings. The van der Waals surface area contributed by atoms with Gasteiger partial charge in [0, 0.05) is 23.5 Å². The molecule has 1 heterocycles. The van der Waals surface area contributed by atoms with Crippen molar-refractivity contribution in [2.24, 2.45) is 0 Å². The van der Waals surface area contributed by atoms with Crippen LogP contribution in [0.25, 0.3) is 11.1 Å². The molecule has 1 aromatic carbocycles. The van der Waals surface area contributed by atoms with Crippen LogP contribution in [-0.4, -0.2) is 26.3 Å². The third kappa shape index (κ3) is 1.93. The minimum Gasteiger partial charge on any atom is -0.493 e. The van der Waals surface area contributed by atoms with Crippen molar-refractivity contribution in [3.8, 4) is 28.4 Å². The summed E-state index contributed by atoms with van der Waals surface area (Å²) in [6.07, 6.45) is 3.77. The molecule has 0 saturated heterocycles. The molecule has 0 radical (unpaired) electrons. The molecular formula is C13H15NO3. The van der Waals surface area contributed by atoms with Gasteiger partial charge in [-0.05, 0) is 18.2 Å². The van der Waals surface area contributed by atoms with E-state index in [1.54, 1.807) is 21.3 Å². The van der Waals surface area contributed by atoms with Gasteiger partial charge in [0.25, 0.3) is 0 Å². The summed E-state index contributed by atoms with van der Waals surface area (Å²) in [6.45, 7) is 0. The molecule has 17 heavy (non-hydrogen) atoms. The SMILES string of the molecule is COc1ccc(-c2cc[nH]c2)c(OC)c1OC. The average molecular weight is 233 g/mol. The van der Waals surface area contributed by atoms with Crippen molar-refractivity contribution < 1.29 is 14.2 Å². The number of nitrogens with one attached hydrogen (secondary N) is 1. The maximum absolute atomic E-state index is 5.41. The third-order valence-electron chi connectivity index (χ3n) is 2.61. The van der Waals surface area contributed by atoms with Crippen LogP contribution in [0.5, 0.6) is 17.2 Å². The number of aromatic amines is 1. The number of rotatable bonds is 4. The Morgan fingerprint density at radius 1 is 0.882 bits per heavy atom. The zero-order chi connectivity index (χ0) is 12.3. The molecule has 4 heteroatoms. The molecule has 90 valence electrons. The summed E-state index contributed by atoms with van der Waals surface area (Å²) in [7, 11) is 4.82. The smallest absolute Gasteiger partial charge is 0.203 e. The predicted octanol–water partition coefficient (Wildman–Crippen LogP) is 2.71. The maximum Gasteiger partial charge on any atom is 0.203 e. The lowest BCUT2D eigenvalue weighted by Crippen LogP contribution is -1.96. The van der Waals surface area contributed by atoms with Gasteiger partial charge in [-0.15, -0.1) is 0 Å². The Morgan fingerprint density at radius 3 is 2.18 bits per heavy atom. The fourth-order valence-corrected chi connectivity index (χ4v) is 1.82. The highest BCUT2D eigenvalue weighted by Crippen LogP contribution is 2.43. The number of benzene rings is 1. The van der Waals surface area contributed by atoms with Crippen LogP contribution in [-0.2, 0) is 0 Å². The molecule has 1 N–H and O–H groups in total. The first-order valence-corrected chi connectivity index (χ1v) is 5.24. The molecule has 0 saturated carbocycles. The lowest BCUT2D eigenvalue weighted by atomic mass is 10.1. The molecule has 0 aliphatic carbocycles. The summed E-state index contributed by atoms with van der Waals surface area (Å²) >= 11 is 0. The first kappa shape index (κ1) is 11.4. The van der Waals surface area contributed by atoms with Crippen LogP contribution in [0.4, 0.5) is 0 Å². The van der Waals surface area contributed by atoms with Crippen molar-refractivity contribution in [1.82, 2.24) is 4.98 Å². The number of hydrogen-bond acceptors (Lipinski definition) is 3. The van der Waals surface area contributed by atoms with Crippen LogP contribution < -0.4 is 14.2 Å². The summed E-state index contributed by atoms with van der Waals surface area (Å²) in [5, 5.41) is 0. The van der Waals surface area contributed by atoms with E-state index in [0.717, 1.165) is 11.1 Å². The van der Waals surface area contributed by atoms with E-state index in [9.17, 15) is 0 Å². The van der Waals surface area contributed by atoms with Crippen molar-refractivity contribution in [2.75, 3.05) is 21.3 Å². The van der Waals surface area contributed by atoms with Gasteiger partial charge < -0.3 is 19.2 Å². The first-order valence-electron chi connectivity index (χ1n) is 5.24. The van der Waals surface area contributed by atoms with Gasteiger partial charge in [-0.25, -0.2) is 0 Å². The summed E-state index contributed by atoms with van der Waals surface area (Å²) in [6, 6.07) is 5.79. The molecular weight excluding hydrogens is 218 g/mol. The second-order valence-electron chi connectivity index (χ2n) is 3.48. The highest BCUT2D eigenvalue weighted by molar-refractivity contribution is 5.75. The van der Waals surface area contributed by atoms with Crippen molar-refractivity contribution in [3.05, 3.63) is 30.6 Å². The van der Waals surface area contributed by atoms with Crippen LogP contribution in [0, 0.1) is 0 Å². The van der Waals surface area contributed by atoms with Crippen molar-refractivity contribution >= 4 is 0 Å². The number of aromatic nitrogens is 1. The average Bonchev–Trinajstić information content (AvgIpc) is 2.90. The highest BCUT2D eigenvalue weighted by Gasteiger charge is 2.16. The summed E-state index contributed by atoms with van der Waals surface area (Å²) in [5.74, 6) is 1.93. The monoisotopic (exact) mass is 233 g/mol. The van der Waals surface area contributed by atoms with E-state index in [2.05, 4.69) is 4.98 Å². The Balaban J connectivity index is 2.61. The molecule has 2 aromatic rings. The number of methoxy groups -OCH3 is 3. The largest absolute Gasteiger partial charge is 0.493 e. The van der Waals surface area contributed by atoms with Gasteiger partial charge in [0.2, 0.25) is 5.75 Å². The summed E-state index contributed by atoms with van der Waals surface area (Å²) in [5.41, 5.74) is 2.01. The minimum atomic E-state index is 0.605. The molecule has 0 aliphatic heterocycles. The van der Waals surface area contributed by atoms with Crippen LogP contribution in [0.3, 0.4) is 0 Å². The van der Waals surface area contributed by atoms with E-state index < -0.39 is 0 Å². The molecule has 0 atom stereocenters. The third-order valence-corrected chi connectivity index (χ3v) is 2.61. The molecule has 0 bridgehead atoms. The van der Waals surface area contributed by atoms with Crippen molar-refractivity contribution in [1.29, 1.82) is 0 Å². The Kier molecular flexibility index (Phi) is 3.23. The van der Waals surface area contributed by atoms with E-state index >= 15 is 0 Å². The predicted molar refractivity (Wildman–Crippen MR) is 65.9 cm³/mol. The second kappa shape index (κ2) is 4.82. The number of ether oxygens (including phenoxy) is 3. The molecule has 4 nitrogen and oxygen atoms in total. The molecule has 0 amide bonds. The number of H-pyrrole nitrogens is 1. The Bertz CT molecular complexity index is 492. The molecule has 0 unspecified atom stereocenters. The lowest BCUT2D eigenvalue weighted by Gasteiger charge is -2.15. The van der Waals surface area contributed by atoms with Gasteiger partial charge >= 0.3 is 0 Å². The van der Waals surface area contributed by atoms with E-state index in [1.165, 1.54) is 0 Å². The van der Waals surface area contributed by atoms with Crippen molar-refractivity contribution in [2.45, 2.75) is 0 Å².